The summed E-state index contributed by atoms with van der Waals surface area (Å²) in [5.41, 5.74) is 0.741. The van der Waals surface area contributed by atoms with Crippen LogP contribution in [0, 0.1) is 5.82 Å². The molecule has 1 atom stereocenters. The van der Waals surface area contributed by atoms with Gasteiger partial charge in [-0.25, -0.2) is 4.39 Å². The molecular weight excluding hydrogens is 275 g/mol. The molecule has 0 N–H and O–H groups in total. The quantitative estimate of drug-likeness (QED) is 0.796. The van der Waals surface area contributed by atoms with E-state index in [9.17, 15) is 9.18 Å². The van der Waals surface area contributed by atoms with Crippen molar-refractivity contribution in [3.8, 4) is 0 Å². The molecule has 5 nitrogen and oxygen atoms in total. The highest BCUT2D eigenvalue weighted by Crippen LogP contribution is 2.14. The molecule has 0 radical (unpaired) electrons. The predicted octanol–water partition coefficient (Wildman–Crippen LogP) is 1.42. The Morgan fingerprint density at radius 2 is 2.43 bits per heavy atom. The number of methoxy groups -OCH3 is 1. The lowest BCUT2D eigenvalue weighted by molar-refractivity contribution is -0.140. The summed E-state index contributed by atoms with van der Waals surface area (Å²) in [5.74, 6) is -0.298. The minimum Gasteiger partial charge on any atom is -0.385 e. The fourth-order valence-corrected chi connectivity index (χ4v) is 2.46. The topological polar surface area (TPSA) is 51.7 Å². The fraction of sp³-hybridized carbons (Fsp3) is 0.600. The van der Waals surface area contributed by atoms with E-state index in [1.54, 1.807) is 13.3 Å². The largest absolute Gasteiger partial charge is 0.385 e. The van der Waals surface area contributed by atoms with Crippen molar-refractivity contribution < 1.29 is 18.7 Å². The van der Waals surface area contributed by atoms with Crippen molar-refractivity contribution in [2.75, 3.05) is 33.5 Å². The number of amides is 1. The van der Waals surface area contributed by atoms with E-state index in [0.717, 1.165) is 18.2 Å². The highest BCUT2D eigenvalue weighted by molar-refractivity contribution is 5.77. The van der Waals surface area contributed by atoms with Gasteiger partial charge in [0.15, 0.2) is 0 Å². The van der Waals surface area contributed by atoms with Gasteiger partial charge in [0.05, 0.1) is 25.5 Å². The Balaban J connectivity index is 1.88. The van der Waals surface area contributed by atoms with E-state index in [0.29, 0.717) is 39.2 Å². The first-order valence-electron chi connectivity index (χ1n) is 7.16. The van der Waals surface area contributed by atoms with Gasteiger partial charge >= 0.3 is 0 Å². The third-order valence-corrected chi connectivity index (χ3v) is 3.59. The fourth-order valence-electron chi connectivity index (χ4n) is 2.46. The molecule has 0 spiro atoms. The molecule has 2 rings (SSSR count). The molecule has 1 unspecified atom stereocenters. The van der Waals surface area contributed by atoms with Gasteiger partial charge in [0, 0.05) is 32.9 Å². The minimum absolute atomic E-state index is 0.0665. The number of aromatic nitrogens is 1. The molecule has 6 heteroatoms. The Kier molecular flexibility index (Phi) is 6.07. The third kappa shape index (κ3) is 4.75. The Bertz CT molecular complexity index is 470. The van der Waals surface area contributed by atoms with E-state index in [-0.39, 0.29) is 17.8 Å². The lowest BCUT2D eigenvalue weighted by Crippen LogP contribution is -2.49. The zero-order valence-corrected chi connectivity index (χ0v) is 12.3. The molecule has 1 amide bonds. The standard InChI is InChI=1S/C15H21FN2O3/c1-20-6-4-14-11-21-7-5-18(14)15(19)3-2-12-8-13(16)10-17-9-12/h8-10,14H,2-7,11H2,1H3. The maximum Gasteiger partial charge on any atom is 0.223 e. The average Bonchev–Trinajstić information content (AvgIpc) is 2.51. The van der Waals surface area contributed by atoms with Gasteiger partial charge in [-0.05, 0) is 24.5 Å². The zero-order valence-electron chi connectivity index (χ0n) is 12.3. The number of rotatable bonds is 6. The first kappa shape index (κ1) is 15.9. The van der Waals surface area contributed by atoms with E-state index < -0.39 is 0 Å². The molecule has 1 fully saturated rings. The number of pyridine rings is 1. The molecule has 1 aromatic rings. The summed E-state index contributed by atoms with van der Waals surface area (Å²) >= 11 is 0. The third-order valence-electron chi connectivity index (χ3n) is 3.59. The maximum atomic E-state index is 13.1. The second-order valence-corrected chi connectivity index (χ2v) is 5.11. The lowest BCUT2D eigenvalue weighted by atomic mass is 10.1. The molecule has 1 saturated heterocycles. The second kappa shape index (κ2) is 8.05. The number of hydrogen-bond acceptors (Lipinski definition) is 4. The lowest BCUT2D eigenvalue weighted by Gasteiger charge is -2.35. The van der Waals surface area contributed by atoms with Crippen molar-refractivity contribution in [2.24, 2.45) is 0 Å². The smallest absolute Gasteiger partial charge is 0.223 e. The molecule has 1 aromatic heterocycles. The monoisotopic (exact) mass is 296 g/mol. The maximum absolute atomic E-state index is 13.1. The number of carbonyl (C=O) groups is 1. The van der Waals surface area contributed by atoms with Gasteiger partial charge < -0.3 is 14.4 Å². The number of morpholine rings is 1. The molecule has 21 heavy (non-hydrogen) atoms. The highest BCUT2D eigenvalue weighted by Gasteiger charge is 2.26. The van der Waals surface area contributed by atoms with Gasteiger partial charge in [0.25, 0.3) is 0 Å². The van der Waals surface area contributed by atoms with Gasteiger partial charge in [-0.15, -0.1) is 0 Å². The summed E-state index contributed by atoms with van der Waals surface area (Å²) in [5, 5.41) is 0. The Morgan fingerprint density at radius 1 is 1.57 bits per heavy atom. The number of nitrogens with zero attached hydrogens (tertiary/aromatic N) is 2. The number of ether oxygens (including phenoxy) is 2. The molecule has 0 aliphatic carbocycles. The van der Waals surface area contributed by atoms with Gasteiger partial charge in [-0.1, -0.05) is 0 Å². The summed E-state index contributed by atoms with van der Waals surface area (Å²) < 4.78 is 23.6. The van der Waals surface area contributed by atoms with E-state index in [2.05, 4.69) is 4.98 Å². The average molecular weight is 296 g/mol. The van der Waals surface area contributed by atoms with E-state index in [1.807, 2.05) is 4.90 Å². The molecule has 0 aromatic carbocycles. The van der Waals surface area contributed by atoms with Crippen molar-refractivity contribution >= 4 is 5.91 Å². The van der Waals surface area contributed by atoms with Crippen molar-refractivity contribution in [3.63, 3.8) is 0 Å². The van der Waals surface area contributed by atoms with Crippen LogP contribution in [0.25, 0.3) is 0 Å². The van der Waals surface area contributed by atoms with Crippen molar-refractivity contribution in [3.05, 3.63) is 29.8 Å². The van der Waals surface area contributed by atoms with Crippen molar-refractivity contribution in [1.82, 2.24) is 9.88 Å². The Labute approximate surface area is 124 Å². The van der Waals surface area contributed by atoms with Crippen molar-refractivity contribution in [2.45, 2.75) is 25.3 Å². The van der Waals surface area contributed by atoms with Crippen LogP contribution in [-0.2, 0) is 20.7 Å². The first-order chi connectivity index (χ1) is 10.2. The van der Waals surface area contributed by atoms with Gasteiger partial charge in [-0.2, -0.15) is 0 Å². The van der Waals surface area contributed by atoms with Gasteiger partial charge in [0.2, 0.25) is 5.91 Å². The number of hydrogen-bond donors (Lipinski definition) is 0. The molecular formula is C15H21FN2O3. The van der Waals surface area contributed by atoms with E-state index in [1.165, 1.54) is 6.07 Å². The Hall–Kier alpha value is -1.53. The van der Waals surface area contributed by atoms with Crippen LogP contribution in [0.3, 0.4) is 0 Å². The summed E-state index contributed by atoms with van der Waals surface area (Å²) in [7, 11) is 1.65. The van der Waals surface area contributed by atoms with Gasteiger partial charge in [0.1, 0.15) is 5.82 Å². The number of carbonyl (C=O) groups excluding carboxylic acids is 1. The Morgan fingerprint density at radius 3 is 3.19 bits per heavy atom. The normalized spacial score (nSPS) is 18.8. The number of aryl methyl sites for hydroxylation is 1. The summed E-state index contributed by atoms with van der Waals surface area (Å²) in [6.07, 6.45) is 4.38. The van der Waals surface area contributed by atoms with Crippen LogP contribution < -0.4 is 0 Å². The van der Waals surface area contributed by atoms with E-state index in [4.69, 9.17) is 9.47 Å². The minimum atomic E-state index is -0.371. The van der Waals surface area contributed by atoms with Gasteiger partial charge in [-0.3, -0.25) is 9.78 Å². The summed E-state index contributed by atoms with van der Waals surface area (Å²) in [6.45, 7) is 2.33. The van der Waals surface area contributed by atoms with Crippen LogP contribution in [0.2, 0.25) is 0 Å². The van der Waals surface area contributed by atoms with Crippen LogP contribution in [0.15, 0.2) is 18.5 Å². The summed E-state index contributed by atoms with van der Waals surface area (Å²) in [6, 6.07) is 1.49. The van der Waals surface area contributed by atoms with Crippen LogP contribution in [-0.4, -0.2) is 55.3 Å². The second-order valence-electron chi connectivity index (χ2n) is 5.11. The number of halogens is 1. The van der Waals surface area contributed by atoms with Crippen LogP contribution in [0.1, 0.15) is 18.4 Å². The zero-order chi connectivity index (χ0) is 15.1. The molecule has 1 aliphatic heterocycles. The van der Waals surface area contributed by atoms with Crippen LogP contribution >= 0.6 is 0 Å². The molecule has 1 aliphatic rings. The van der Waals surface area contributed by atoms with Crippen LogP contribution in [0.4, 0.5) is 4.39 Å². The highest BCUT2D eigenvalue weighted by atomic mass is 19.1. The molecule has 116 valence electrons. The van der Waals surface area contributed by atoms with E-state index >= 15 is 0 Å². The molecule has 0 saturated carbocycles. The SMILES string of the molecule is COCCC1COCCN1C(=O)CCc1cncc(F)c1. The van der Waals surface area contributed by atoms with Crippen molar-refractivity contribution in [1.29, 1.82) is 0 Å². The first-order valence-corrected chi connectivity index (χ1v) is 7.16. The summed E-state index contributed by atoms with van der Waals surface area (Å²) in [4.78, 5) is 18.0. The molecule has 2 heterocycles. The predicted molar refractivity (Wildman–Crippen MR) is 75.3 cm³/mol. The molecule has 0 bridgehead atoms. The van der Waals surface area contributed by atoms with Crippen LogP contribution in [0.5, 0.6) is 0 Å².